The molecular formula is C31H42N6O4. The molecule has 1 unspecified atom stereocenters. The van der Waals surface area contributed by atoms with Crippen molar-refractivity contribution in [1.82, 2.24) is 25.6 Å². The number of hydrogen-bond acceptors (Lipinski definition) is 7. The summed E-state index contributed by atoms with van der Waals surface area (Å²) in [6.07, 6.45) is 6.24. The van der Waals surface area contributed by atoms with E-state index in [0.717, 1.165) is 66.9 Å². The van der Waals surface area contributed by atoms with Gasteiger partial charge in [-0.1, -0.05) is 69.2 Å². The number of ether oxygens (including phenoxy) is 1. The van der Waals surface area contributed by atoms with Gasteiger partial charge in [0.25, 0.3) is 5.91 Å². The Bertz CT molecular complexity index is 1290. The Morgan fingerprint density at radius 3 is 2.37 bits per heavy atom. The third kappa shape index (κ3) is 9.53. The molecule has 4 N–H and O–H groups in total. The number of esters is 1. The van der Waals surface area contributed by atoms with E-state index in [0.29, 0.717) is 12.1 Å². The Hall–Kier alpha value is -4.05. The average Bonchev–Trinajstić information content (AvgIpc) is 3.37. The van der Waals surface area contributed by atoms with Crippen molar-refractivity contribution in [3.8, 4) is 11.1 Å². The number of rotatable bonds is 15. The van der Waals surface area contributed by atoms with E-state index >= 15 is 0 Å². The molecule has 0 saturated heterocycles. The number of nitrogens with one attached hydrogen (secondary N) is 2. The van der Waals surface area contributed by atoms with Gasteiger partial charge in [0, 0.05) is 24.8 Å². The number of benzene rings is 2. The van der Waals surface area contributed by atoms with Crippen LogP contribution >= 0.6 is 0 Å². The summed E-state index contributed by atoms with van der Waals surface area (Å²) in [5.74, 6) is 0.469. The molecule has 0 aliphatic rings. The van der Waals surface area contributed by atoms with Crippen molar-refractivity contribution >= 4 is 17.8 Å². The van der Waals surface area contributed by atoms with Gasteiger partial charge in [-0.2, -0.15) is 5.10 Å². The lowest BCUT2D eigenvalue weighted by Crippen LogP contribution is -2.42. The third-order valence-electron chi connectivity index (χ3n) is 6.66. The first kappa shape index (κ1) is 31.5. The average molecular weight is 563 g/mol. The van der Waals surface area contributed by atoms with Crippen LogP contribution in [0.3, 0.4) is 0 Å². The minimum atomic E-state index is -0.893. The maximum Gasteiger partial charge on any atom is 0.322 e. The zero-order valence-electron chi connectivity index (χ0n) is 24.3. The smallest absolute Gasteiger partial charge is 0.322 e. The second kappa shape index (κ2) is 16.3. The summed E-state index contributed by atoms with van der Waals surface area (Å²) in [5, 5.41) is 4.78. The summed E-state index contributed by atoms with van der Waals surface area (Å²) < 4.78 is 6.86. The van der Waals surface area contributed by atoms with E-state index in [1.807, 2.05) is 41.1 Å². The van der Waals surface area contributed by atoms with Gasteiger partial charge in [0.15, 0.2) is 5.82 Å². The number of nitrogens with zero attached hydrogens (tertiary/aromatic N) is 3. The van der Waals surface area contributed by atoms with Crippen LogP contribution < -0.4 is 16.6 Å². The highest BCUT2D eigenvalue weighted by Crippen LogP contribution is 2.24. The zero-order valence-corrected chi connectivity index (χ0v) is 24.3. The van der Waals surface area contributed by atoms with Crippen molar-refractivity contribution in [3.63, 3.8) is 0 Å². The van der Waals surface area contributed by atoms with Crippen LogP contribution in [-0.2, 0) is 33.7 Å². The molecule has 0 radical (unpaired) electrons. The topological polar surface area (TPSA) is 141 Å². The fourth-order valence-corrected chi connectivity index (χ4v) is 4.32. The van der Waals surface area contributed by atoms with E-state index < -0.39 is 23.8 Å². The molecule has 0 bridgehead atoms. The van der Waals surface area contributed by atoms with Gasteiger partial charge in [0.05, 0.1) is 13.2 Å². The predicted molar refractivity (Wildman–Crippen MR) is 158 cm³/mol. The molecule has 10 nitrogen and oxygen atoms in total. The normalized spacial score (nSPS) is 11.6. The quantitative estimate of drug-likeness (QED) is 0.187. The number of aromatic nitrogens is 3. The zero-order chi connectivity index (χ0) is 29.6. The van der Waals surface area contributed by atoms with Crippen molar-refractivity contribution < 1.29 is 19.1 Å². The number of carbonyl (C=O) groups excluding carboxylic acids is 3. The number of nitrogens with two attached hydrogens (primary N) is 1. The first-order valence-electron chi connectivity index (χ1n) is 14.5. The van der Waals surface area contributed by atoms with Crippen LogP contribution in [0, 0.1) is 0 Å². The number of carbonyl (C=O) groups is 3. The van der Waals surface area contributed by atoms with E-state index in [-0.39, 0.29) is 19.4 Å². The summed E-state index contributed by atoms with van der Waals surface area (Å²) in [5.41, 5.74) is 13.7. The molecular weight excluding hydrogens is 520 g/mol. The first-order valence-corrected chi connectivity index (χ1v) is 14.5. The Kier molecular flexibility index (Phi) is 12.5. The number of hydrogen-bond donors (Lipinski definition) is 3. The Balaban J connectivity index is 1.64. The molecule has 0 saturated carbocycles. The van der Waals surface area contributed by atoms with E-state index in [4.69, 9.17) is 20.6 Å². The molecule has 2 amide bonds. The molecule has 0 aliphatic heterocycles. The molecule has 2 aromatic carbocycles. The lowest BCUT2D eigenvalue weighted by molar-refractivity contribution is -0.144. The molecule has 3 aromatic rings. The minimum absolute atomic E-state index is 0.0323. The molecule has 41 heavy (non-hydrogen) atoms. The Labute approximate surface area is 242 Å². The summed E-state index contributed by atoms with van der Waals surface area (Å²) in [6.45, 7) is 6.88. The monoisotopic (exact) mass is 562 g/mol. The Morgan fingerprint density at radius 1 is 0.951 bits per heavy atom. The van der Waals surface area contributed by atoms with Crippen LogP contribution in [0.25, 0.3) is 11.1 Å². The summed E-state index contributed by atoms with van der Waals surface area (Å²) in [7, 11) is 0. The van der Waals surface area contributed by atoms with E-state index in [2.05, 4.69) is 24.7 Å². The molecule has 10 heteroatoms. The highest BCUT2D eigenvalue weighted by Gasteiger charge is 2.18. The van der Waals surface area contributed by atoms with E-state index in [1.54, 1.807) is 19.1 Å². The predicted octanol–water partition coefficient (Wildman–Crippen LogP) is 4.11. The van der Waals surface area contributed by atoms with Gasteiger partial charge < -0.3 is 10.5 Å². The lowest BCUT2D eigenvalue weighted by Gasteiger charge is -2.13. The van der Waals surface area contributed by atoms with Crippen LogP contribution in [0.4, 0.5) is 0 Å². The SMILES string of the molecule is CCCCc1nc(CCCC)n(Cc2ccc(-c3ccccc3C(=O)NNC(=O)CCC(N)C(=O)OCC)cc2)n1. The molecule has 3 rings (SSSR count). The van der Waals surface area contributed by atoms with Gasteiger partial charge in [0.1, 0.15) is 11.9 Å². The van der Waals surface area contributed by atoms with Gasteiger partial charge in [-0.15, -0.1) is 0 Å². The number of unbranched alkanes of at least 4 members (excludes halogenated alkanes) is 2. The van der Waals surface area contributed by atoms with Gasteiger partial charge in [-0.25, -0.2) is 9.67 Å². The highest BCUT2D eigenvalue weighted by molar-refractivity contribution is 6.01. The van der Waals surface area contributed by atoms with Crippen LogP contribution in [0.2, 0.25) is 0 Å². The van der Waals surface area contributed by atoms with Gasteiger partial charge in [-0.3, -0.25) is 25.2 Å². The van der Waals surface area contributed by atoms with Crippen LogP contribution in [0.1, 0.15) is 86.9 Å². The fraction of sp³-hybridized carbons (Fsp3) is 0.452. The second-order valence-corrected chi connectivity index (χ2v) is 9.95. The molecule has 220 valence electrons. The van der Waals surface area contributed by atoms with E-state index in [9.17, 15) is 14.4 Å². The van der Waals surface area contributed by atoms with Crippen molar-refractivity contribution in [2.75, 3.05) is 6.61 Å². The van der Waals surface area contributed by atoms with Gasteiger partial charge in [-0.05, 0) is 48.9 Å². The molecule has 1 atom stereocenters. The maximum absolute atomic E-state index is 12.9. The highest BCUT2D eigenvalue weighted by atomic mass is 16.5. The van der Waals surface area contributed by atoms with Crippen LogP contribution in [-0.4, -0.2) is 45.2 Å². The first-order chi connectivity index (χ1) is 19.9. The van der Waals surface area contributed by atoms with Crippen molar-refractivity contribution in [2.45, 2.75) is 84.7 Å². The fourth-order valence-electron chi connectivity index (χ4n) is 4.32. The maximum atomic E-state index is 12.9. The van der Waals surface area contributed by atoms with Crippen molar-refractivity contribution in [2.24, 2.45) is 5.73 Å². The second-order valence-electron chi connectivity index (χ2n) is 9.95. The standard InChI is InChI=1S/C31H42N6O4/c1-4-7-13-27-33-28(14-8-5-2)37(36-27)21-22-15-17-23(18-16-22)24-11-9-10-12-25(24)30(39)35-34-29(38)20-19-26(32)31(40)41-6-3/h9-12,15-18,26H,4-8,13-14,19-21,32H2,1-3H3,(H,34,38)(H,35,39). The summed E-state index contributed by atoms with van der Waals surface area (Å²) in [4.78, 5) is 41.6. The number of aryl methyl sites for hydroxylation is 2. The van der Waals surface area contributed by atoms with Gasteiger partial charge >= 0.3 is 5.97 Å². The van der Waals surface area contributed by atoms with Crippen LogP contribution in [0.5, 0.6) is 0 Å². The third-order valence-corrected chi connectivity index (χ3v) is 6.66. The molecule has 1 aromatic heterocycles. The van der Waals surface area contributed by atoms with Crippen LogP contribution in [0.15, 0.2) is 48.5 Å². The lowest BCUT2D eigenvalue weighted by atomic mass is 9.98. The van der Waals surface area contributed by atoms with Gasteiger partial charge in [0.2, 0.25) is 5.91 Å². The molecule has 0 fully saturated rings. The van der Waals surface area contributed by atoms with Crippen molar-refractivity contribution in [1.29, 1.82) is 0 Å². The molecule has 0 spiro atoms. The minimum Gasteiger partial charge on any atom is -0.465 e. The number of amides is 2. The summed E-state index contributed by atoms with van der Waals surface area (Å²) >= 11 is 0. The molecule has 1 heterocycles. The van der Waals surface area contributed by atoms with Crippen molar-refractivity contribution in [3.05, 3.63) is 71.3 Å². The Morgan fingerprint density at radius 2 is 1.66 bits per heavy atom. The van der Waals surface area contributed by atoms with E-state index in [1.165, 1.54) is 0 Å². The molecule has 0 aliphatic carbocycles. The largest absolute Gasteiger partial charge is 0.465 e. The summed E-state index contributed by atoms with van der Waals surface area (Å²) in [6, 6.07) is 14.4. The number of hydrazine groups is 1.